The van der Waals surface area contributed by atoms with E-state index in [-0.39, 0.29) is 0 Å². The van der Waals surface area contributed by atoms with E-state index in [1.54, 1.807) is 20.5 Å². The van der Waals surface area contributed by atoms with E-state index in [2.05, 4.69) is 29.1 Å². The zero-order valence-corrected chi connectivity index (χ0v) is 11.7. The average molecular weight is 261 g/mol. The van der Waals surface area contributed by atoms with Crippen molar-refractivity contribution in [1.82, 2.24) is 9.97 Å². The summed E-state index contributed by atoms with van der Waals surface area (Å²) in [7, 11) is 3.23. The molecule has 5 nitrogen and oxygen atoms in total. The summed E-state index contributed by atoms with van der Waals surface area (Å²) >= 11 is 0. The van der Waals surface area contributed by atoms with E-state index in [1.807, 2.05) is 12.1 Å². The maximum Gasteiger partial charge on any atom is 0.162 e. The normalized spacial score (nSPS) is 12.2. The maximum atomic E-state index is 5.32. The molecule has 0 radical (unpaired) electrons. The molecule has 0 unspecified atom stereocenters. The lowest BCUT2D eigenvalue weighted by Gasteiger charge is -2.15. The molecule has 5 heteroatoms. The van der Waals surface area contributed by atoms with Gasteiger partial charge in [-0.15, -0.1) is 0 Å². The summed E-state index contributed by atoms with van der Waals surface area (Å²) in [6.07, 6.45) is 2.58. The van der Waals surface area contributed by atoms with Gasteiger partial charge in [0.15, 0.2) is 11.5 Å². The zero-order valence-electron chi connectivity index (χ0n) is 11.7. The number of fused-ring (bicyclic) bond motifs is 1. The Bertz CT molecular complexity index is 572. The lowest BCUT2D eigenvalue weighted by atomic mass is 10.2. The largest absolute Gasteiger partial charge is 0.493 e. The van der Waals surface area contributed by atoms with Crippen molar-refractivity contribution >= 4 is 16.7 Å². The first kappa shape index (κ1) is 13.4. The second-order valence-electron chi connectivity index (χ2n) is 4.40. The molecule has 0 spiro atoms. The van der Waals surface area contributed by atoms with Crippen LogP contribution in [0.15, 0.2) is 18.5 Å². The lowest BCUT2D eigenvalue weighted by molar-refractivity contribution is 0.356. The van der Waals surface area contributed by atoms with Crippen LogP contribution in [0.25, 0.3) is 10.9 Å². The van der Waals surface area contributed by atoms with Crippen LogP contribution in [0.2, 0.25) is 0 Å². The Hall–Kier alpha value is -2.04. The van der Waals surface area contributed by atoms with Crippen molar-refractivity contribution in [2.75, 3.05) is 19.5 Å². The third-order valence-corrected chi connectivity index (χ3v) is 3.14. The fraction of sp³-hybridized carbons (Fsp3) is 0.429. The molecule has 1 aromatic carbocycles. The highest BCUT2D eigenvalue weighted by molar-refractivity contribution is 5.91. The first-order valence-corrected chi connectivity index (χ1v) is 6.32. The van der Waals surface area contributed by atoms with Gasteiger partial charge in [0.25, 0.3) is 0 Å². The molecule has 0 bridgehead atoms. The Morgan fingerprint density at radius 3 is 2.47 bits per heavy atom. The molecular formula is C14H19N3O2. The molecule has 1 aromatic heterocycles. The molecule has 2 rings (SSSR count). The SMILES string of the molecule is CC[C@@H](C)Nc1ncnc2cc(OC)c(OC)cc12. The molecule has 0 amide bonds. The zero-order chi connectivity index (χ0) is 13.8. The summed E-state index contributed by atoms with van der Waals surface area (Å²) in [5.41, 5.74) is 0.832. The fourth-order valence-corrected chi connectivity index (χ4v) is 1.83. The van der Waals surface area contributed by atoms with Gasteiger partial charge in [-0.1, -0.05) is 6.92 Å². The van der Waals surface area contributed by atoms with Gasteiger partial charge < -0.3 is 14.8 Å². The molecule has 0 fully saturated rings. The van der Waals surface area contributed by atoms with E-state index >= 15 is 0 Å². The van der Waals surface area contributed by atoms with Gasteiger partial charge in [0.05, 0.1) is 19.7 Å². The molecule has 0 saturated carbocycles. The summed E-state index contributed by atoms with van der Waals surface area (Å²) in [6, 6.07) is 4.11. The van der Waals surface area contributed by atoms with E-state index in [1.165, 1.54) is 0 Å². The average Bonchev–Trinajstić information content (AvgIpc) is 2.45. The molecule has 0 aliphatic carbocycles. The topological polar surface area (TPSA) is 56.3 Å². The minimum atomic E-state index is 0.353. The van der Waals surface area contributed by atoms with Crippen molar-refractivity contribution in [3.05, 3.63) is 18.5 Å². The van der Waals surface area contributed by atoms with Gasteiger partial charge in [0, 0.05) is 17.5 Å². The number of nitrogens with one attached hydrogen (secondary N) is 1. The molecule has 1 atom stereocenters. The molecule has 0 aliphatic heterocycles. The second-order valence-corrected chi connectivity index (χ2v) is 4.40. The third-order valence-electron chi connectivity index (χ3n) is 3.14. The molecule has 2 aromatic rings. The van der Waals surface area contributed by atoms with Crippen molar-refractivity contribution < 1.29 is 9.47 Å². The van der Waals surface area contributed by atoms with Crippen LogP contribution in [0.5, 0.6) is 11.5 Å². The highest BCUT2D eigenvalue weighted by atomic mass is 16.5. The Morgan fingerprint density at radius 2 is 1.84 bits per heavy atom. The first-order chi connectivity index (χ1) is 9.19. The van der Waals surface area contributed by atoms with E-state index in [0.717, 1.165) is 23.1 Å². The van der Waals surface area contributed by atoms with Crippen molar-refractivity contribution in [2.45, 2.75) is 26.3 Å². The van der Waals surface area contributed by atoms with Crippen molar-refractivity contribution in [3.8, 4) is 11.5 Å². The number of aromatic nitrogens is 2. The van der Waals surface area contributed by atoms with Gasteiger partial charge in [-0.3, -0.25) is 0 Å². The van der Waals surface area contributed by atoms with Gasteiger partial charge >= 0.3 is 0 Å². The Kier molecular flexibility index (Phi) is 4.04. The van der Waals surface area contributed by atoms with Crippen LogP contribution in [0.4, 0.5) is 5.82 Å². The standard InChI is InChI=1S/C14H19N3O2/c1-5-9(2)17-14-10-6-12(18-3)13(19-4)7-11(10)15-8-16-14/h6-9H,5H2,1-4H3,(H,15,16,17)/t9-/m1/s1. The van der Waals surface area contributed by atoms with Crippen LogP contribution >= 0.6 is 0 Å². The van der Waals surface area contributed by atoms with E-state index in [0.29, 0.717) is 17.5 Å². The quantitative estimate of drug-likeness (QED) is 0.897. The van der Waals surface area contributed by atoms with Crippen LogP contribution in [-0.4, -0.2) is 30.2 Å². The fourth-order valence-electron chi connectivity index (χ4n) is 1.83. The molecule has 1 heterocycles. The number of anilines is 1. The Labute approximate surface area is 113 Å². The van der Waals surface area contributed by atoms with Gasteiger partial charge in [0.2, 0.25) is 0 Å². The van der Waals surface area contributed by atoms with Crippen molar-refractivity contribution in [1.29, 1.82) is 0 Å². The molecule has 102 valence electrons. The molecular weight excluding hydrogens is 242 g/mol. The minimum absolute atomic E-state index is 0.353. The summed E-state index contributed by atoms with van der Waals surface area (Å²) in [5.74, 6) is 2.17. The predicted molar refractivity (Wildman–Crippen MR) is 76.0 cm³/mol. The van der Waals surface area contributed by atoms with Crippen LogP contribution in [0.3, 0.4) is 0 Å². The minimum Gasteiger partial charge on any atom is -0.493 e. The smallest absolute Gasteiger partial charge is 0.162 e. The lowest BCUT2D eigenvalue weighted by Crippen LogP contribution is -2.14. The summed E-state index contributed by atoms with van der Waals surface area (Å²) in [4.78, 5) is 8.58. The van der Waals surface area contributed by atoms with Gasteiger partial charge in [-0.25, -0.2) is 9.97 Å². The van der Waals surface area contributed by atoms with Crippen molar-refractivity contribution in [2.24, 2.45) is 0 Å². The Morgan fingerprint density at radius 1 is 1.16 bits per heavy atom. The van der Waals surface area contributed by atoms with Crippen LogP contribution in [0.1, 0.15) is 20.3 Å². The highest BCUT2D eigenvalue weighted by Crippen LogP contribution is 2.33. The summed E-state index contributed by atoms with van der Waals surface area (Å²) in [5, 5.41) is 4.31. The van der Waals surface area contributed by atoms with Crippen LogP contribution in [0, 0.1) is 0 Å². The molecule has 0 aliphatic rings. The van der Waals surface area contributed by atoms with Gasteiger partial charge in [-0.2, -0.15) is 0 Å². The predicted octanol–water partition coefficient (Wildman–Crippen LogP) is 2.86. The summed E-state index contributed by atoms with van der Waals surface area (Å²) in [6.45, 7) is 4.25. The number of nitrogens with zero attached hydrogens (tertiary/aromatic N) is 2. The molecule has 19 heavy (non-hydrogen) atoms. The molecule has 1 N–H and O–H groups in total. The summed E-state index contributed by atoms with van der Waals surface area (Å²) < 4.78 is 10.6. The van der Waals surface area contributed by atoms with Gasteiger partial charge in [-0.05, 0) is 19.4 Å². The number of hydrogen-bond donors (Lipinski definition) is 1. The van der Waals surface area contributed by atoms with E-state index in [4.69, 9.17) is 9.47 Å². The first-order valence-electron chi connectivity index (χ1n) is 6.32. The van der Waals surface area contributed by atoms with E-state index < -0.39 is 0 Å². The van der Waals surface area contributed by atoms with Crippen LogP contribution in [-0.2, 0) is 0 Å². The number of ether oxygens (including phenoxy) is 2. The number of rotatable bonds is 5. The van der Waals surface area contributed by atoms with Gasteiger partial charge in [0.1, 0.15) is 12.1 Å². The van der Waals surface area contributed by atoms with Crippen molar-refractivity contribution in [3.63, 3.8) is 0 Å². The second kappa shape index (κ2) is 5.73. The van der Waals surface area contributed by atoms with Crippen LogP contribution < -0.4 is 14.8 Å². The Balaban J connectivity index is 2.54. The monoisotopic (exact) mass is 261 g/mol. The highest BCUT2D eigenvalue weighted by Gasteiger charge is 2.11. The number of methoxy groups -OCH3 is 2. The number of hydrogen-bond acceptors (Lipinski definition) is 5. The number of benzene rings is 1. The van der Waals surface area contributed by atoms with E-state index in [9.17, 15) is 0 Å². The molecule has 0 saturated heterocycles. The third kappa shape index (κ3) is 2.70. The maximum absolute atomic E-state index is 5.32.